The second-order valence-electron chi connectivity index (χ2n) is 6.56. The quantitative estimate of drug-likeness (QED) is 0.884. The molecule has 4 heteroatoms. The van der Waals surface area contributed by atoms with Crippen LogP contribution in [0.5, 0.6) is 0 Å². The fraction of sp³-hybridized carbons (Fsp3) is 0.444. The van der Waals surface area contributed by atoms with E-state index in [0.29, 0.717) is 12.3 Å². The first-order valence-corrected chi connectivity index (χ1v) is 8.08. The maximum Gasteiger partial charge on any atom is 0.0896 e. The average Bonchev–Trinajstić information content (AvgIpc) is 3.11. The Morgan fingerprint density at radius 3 is 2.86 bits per heavy atom. The summed E-state index contributed by atoms with van der Waals surface area (Å²) in [6.07, 6.45) is 6.45. The second kappa shape index (κ2) is 5.36. The molecule has 0 bridgehead atoms. The lowest BCUT2D eigenvalue weighted by atomic mass is 9.81. The highest BCUT2D eigenvalue weighted by Gasteiger charge is 2.33. The van der Waals surface area contributed by atoms with Crippen LogP contribution in [0.1, 0.15) is 43.7 Å². The molecule has 114 valence electrons. The summed E-state index contributed by atoms with van der Waals surface area (Å²) in [5.41, 5.74) is 4.84. The van der Waals surface area contributed by atoms with Gasteiger partial charge in [-0.25, -0.2) is 4.68 Å². The van der Waals surface area contributed by atoms with E-state index >= 15 is 0 Å². The Balaban J connectivity index is 1.57. The lowest BCUT2D eigenvalue weighted by Crippen LogP contribution is -2.27. The van der Waals surface area contributed by atoms with E-state index in [-0.39, 0.29) is 12.1 Å². The van der Waals surface area contributed by atoms with Crippen molar-refractivity contribution in [2.75, 3.05) is 0 Å². The molecule has 0 spiro atoms. The number of benzene rings is 1. The largest absolute Gasteiger partial charge is 0.393 e. The number of nitrogens with zero attached hydrogens (tertiary/aromatic N) is 3. The number of aromatic nitrogens is 3. The number of allylic oxidation sites excluding steroid dienone is 1. The van der Waals surface area contributed by atoms with E-state index in [4.69, 9.17) is 0 Å². The van der Waals surface area contributed by atoms with Crippen LogP contribution in [0.15, 0.2) is 42.6 Å². The van der Waals surface area contributed by atoms with Crippen molar-refractivity contribution >= 4 is 0 Å². The summed E-state index contributed by atoms with van der Waals surface area (Å²) in [4.78, 5) is 0. The van der Waals surface area contributed by atoms with Gasteiger partial charge in [0.15, 0.2) is 0 Å². The van der Waals surface area contributed by atoms with E-state index in [9.17, 15) is 5.11 Å². The number of aliphatic hydroxyl groups excluding tert-OH is 1. The van der Waals surface area contributed by atoms with E-state index in [1.165, 1.54) is 16.7 Å². The van der Waals surface area contributed by atoms with Gasteiger partial charge < -0.3 is 5.11 Å². The number of fused-ring (bicyclic) bond motifs is 3. The van der Waals surface area contributed by atoms with Crippen molar-refractivity contribution in [3.8, 4) is 11.3 Å². The predicted molar refractivity (Wildman–Crippen MR) is 85.3 cm³/mol. The zero-order chi connectivity index (χ0) is 15.1. The number of aliphatic hydroxyl groups is 1. The minimum Gasteiger partial charge on any atom is -0.393 e. The molecule has 1 aromatic heterocycles. The molecule has 0 radical (unpaired) electrons. The molecule has 2 heterocycles. The maximum atomic E-state index is 10.7. The average molecular weight is 295 g/mol. The lowest BCUT2D eigenvalue weighted by molar-refractivity contribution is 0.0732. The molecule has 4 rings (SSSR count). The van der Waals surface area contributed by atoms with Crippen LogP contribution in [0.3, 0.4) is 0 Å². The van der Waals surface area contributed by atoms with Crippen molar-refractivity contribution in [1.82, 2.24) is 15.0 Å². The van der Waals surface area contributed by atoms with Crippen LogP contribution in [0.4, 0.5) is 0 Å². The molecule has 1 saturated carbocycles. The molecule has 22 heavy (non-hydrogen) atoms. The van der Waals surface area contributed by atoms with Gasteiger partial charge in [-0.05, 0) is 37.2 Å². The standard InChI is InChI=1S/C18H21N3O/c1-12-6-8-13(9-7-12)18(22)10-16-14-4-2-3-5-15(14)17-11-19-20-21(16)17/h2-5,11,13,16,18,22H,1,6-10H2. The van der Waals surface area contributed by atoms with Crippen LogP contribution in [0.2, 0.25) is 0 Å². The van der Waals surface area contributed by atoms with Gasteiger partial charge >= 0.3 is 0 Å². The van der Waals surface area contributed by atoms with Gasteiger partial charge in [0.05, 0.1) is 24.0 Å². The summed E-state index contributed by atoms with van der Waals surface area (Å²) < 4.78 is 1.97. The van der Waals surface area contributed by atoms with Gasteiger partial charge in [-0.2, -0.15) is 0 Å². The third kappa shape index (κ3) is 2.18. The third-order valence-electron chi connectivity index (χ3n) is 5.21. The second-order valence-corrected chi connectivity index (χ2v) is 6.56. The summed E-state index contributed by atoms with van der Waals surface area (Å²) in [6, 6.07) is 8.46. The molecule has 4 nitrogen and oxygen atoms in total. The van der Waals surface area contributed by atoms with Crippen molar-refractivity contribution < 1.29 is 5.11 Å². The summed E-state index contributed by atoms with van der Waals surface area (Å²) in [7, 11) is 0. The highest BCUT2D eigenvalue weighted by atomic mass is 16.3. The zero-order valence-corrected chi connectivity index (χ0v) is 12.7. The van der Waals surface area contributed by atoms with Gasteiger partial charge in [-0.15, -0.1) is 5.10 Å². The molecule has 2 unspecified atom stereocenters. The van der Waals surface area contributed by atoms with Crippen LogP contribution in [0, 0.1) is 5.92 Å². The Bertz CT molecular complexity index is 696. The van der Waals surface area contributed by atoms with Crippen LogP contribution in [0.25, 0.3) is 11.3 Å². The summed E-state index contributed by atoms with van der Waals surface area (Å²) >= 11 is 0. The Labute approximate surface area is 130 Å². The van der Waals surface area contributed by atoms with Gasteiger partial charge in [0, 0.05) is 12.0 Å². The lowest BCUT2D eigenvalue weighted by Gasteiger charge is -2.29. The van der Waals surface area contributed by atoms with Crippen molar-refractivity contribution in [3.05, 3.63) is 48.2 Å². The Kier molecular flexibility index (Phi) is 3.34. The highest BCUT2D eigenvalue weighted by molar-refractivity contribution is 5.68. The molecule has 1 aromatic carbocycles. The molecular weight excluding hydrogens is 274 g/mol. The summed E-state index contributed by atoms with van der Waals surface area (Å²) in [5, 5.41) is 19.0. The number of rotatable bonds is 3. The minimum absolute atomic E-state index is 0.105. The van der Waals surface area contributed by atoms with Gasteiger partial charge in [-0.3, -0.25) is 0 Å². The van der Waals surface area contributed by atoms with Crippen molar-refractivity contribution in [2.24, 2.45) is 5.92 Å². The van der Waals surface area contributed by atoms with E-state index in [1.807, 2.05) is 16.9 Å². The smallest absolute Gasteiger partial charge is 0.0896 e. The molecule has 0 amide bonds. The van der Waals surface area contributed by atoms with Gasteiger partial charge in [-0.1, -0.05) is 41.6 Å². The van der Waals surface area contributed by atoms with Crippen molar-refractivity contribution in [1.29, 1.82) is 0 Å². The Morgan fingerprint density at radius 1 is 1.27 bits per heavy atom. The van der Waals surface area contributed by atoms with Gasteiger partial charge in [0.1, 0.15) is 0 Å². The molecule has 1 fully saturated rings. The predicted octanol–water partition coefficient (Wildman–Crippen LogP) is 3.35. The third-order valence-corrected chi connectivity index (χ3v) is 5.21. The fourth-order valence-corrected chi connectivity index (χ4v) is 3.90. The Hall–Kier alpha value is -1.94. The fourth-order valence-electron chi connectivity index (χ4n) is 3.90. The normalized spacial score (nSPS) is 22.4. The summed E-state index contributed by atoms with van der Waals surface area (Å²) in [6.45, 7) is 4.06. The number of hydrogen-bond acceptors (Lipinski definition) is 3. The van der Waals surface area contributed by atoms with Crippen LogP contribution < -0.4 is 0 Å². The van der Waals surface area contributed by atoms with E-state index in [0.717, 1.165) is 31.4 Å². The van der Waals surface area contributed by atoms with Crippen LogP contribution in [-0.4, -0.2) is 26.2 Å². The Morgan fingerprint density at radius 2 is 2.05 bits per heavy atom. The first-order chi connectivity index (χ1) is 10.7. The van der Waals surface area contributed by atoms with Gasteiger partial charge in [0.2, 0.25) is 0 Å². The molecule has 0 saturated heterocycles. The van der Waals surface area contributed by atoms with Gasteiger partial charge in [0.25, 0.3) is 0 Å². The monoisotopic (exact) mass is 295 g/mol. The molecule has 1 aliphatic heterocycles. The van der Waals surface area contributed by atoms with Crippen molar-refractivity contribution in [3.63, 3.8) is 0 Å². The maximum absolute atomic E-state index is 10.7. The first-order valence-electron chi connectivity index (χ1n) is 8.08. The zero-order valence-electron chi connectivity index (χ0n) is 12.7. The first kappa shape index (κ1) is 13.7. The van der Waals surface area contributed by atoms with Crippen molar-refractivity contribution in [2.45, 2.75) is 44.2 Å². The van der Waals surface area contributed by atoms with E-state index in [1.54, 1.807) is 0 Å². The SMILES string of the molecule is C=C1CCC(C(O)CC2c3ccccc3-c3cnnn32)CC1. The summed E-state index contributed by atoms with van der Waals surface area (Å²) in [5.74, 6) is 0.380. The molecule has 1 aliphatic carbocycles. The molecule has 1 N–H and O–H groups in total. The molecule has 2 aromatic rings. The number of hydrogen-bond donors (Lipinski definition) is 1. The molecule has 2 atom stereocenters. The molecular formula is C18H21N3O. The topological polar surface area (TPSA) is 50.9 Å². The molecule has 2 aliphatic rings. The highest BCUT2D eigenvalue weighted by Crippen LogP contribution is 2.42. The van der Waals surface area contributed by atoms with E-state index < -0.39 is 0 Å². The minimum atomic E-state index is -0.290. The van der Waals surface area contributed by atoms with Crippen LogP contribution in [-0.2, 0) is 0 Å². The van der Waals surface area contributed by atoms with Crippen LogP contribution >= 0.6 is 0 Å². The van der Waals surface area contributed by atoms with E-state index in [2.05, 4.69) is 35.1 Å².